The van der Waals surface area contributed by atoms with Crippen LogP contribution in [-0.2, 0) is 9.53 Å². The van der Waals surface area contributed by atoms with E-state index in [1.165, 1.54) is 11.3 Å². The molecule has 0 N–H and O–H groups in total. The SMILES string of the molecule is C=CCOc1ccccc1/C=c1/sc2n(c1=O)C(c1ccc(OC)c(OCC)c1)C(C(=O)OCC)=C(C)N=2. The molecule has 0 fully saturated rings. The molecule has 0 saturated carbocycles. The lowest BCUT2D eigenvalue weighted by molar-refractivity contribution is -0.139. The standard InChI is InChI=1S/C29H30N2O6S/c1-6-15-37-21-12-10-9-11-19(21)17-24-27(32)31-26(20-13-14-22(34-5)23(16-20)35-7-2)25(28(33)36-8-3)18(4)30-29(31)38-24/h6,9-14,16-17,26H,1,7-8,15H2,2-5H3/b24-17+. The number of fused-ring (bicyclic) bond motifs is 1. The summed E-state index contributed by atoms with van der Waals surface area (Å²) in [6, 6.07) is 12.1. The van der Waals surface area contributed by atoms with Crippen LogP contribution in [0.15, 0.2) is 76.2 Å². The molecule has 0 radical (unpaired) electrons. The number of aromatic nitrogens is 1. The number of nitrogens with zero attached hydrogens (tertiary/aromatic N) is 2. The lowest BCUT2D eigenvalue weighted by atomic mass is 9.95. The molecule has 0 saturated heterocycles. The molecule has 1 unspecified atom stereocenters. The van der Waals surface area contributed by atoms with Crippen LogP contribution in [0.25, 0.3) is 6.08 Å². The maximum atomic E-state index is 13.9. The topological polar surface area (TPSA) is 88.3 Å². The Morgan fingerprint density at radius 3 is 2.61 bits per heavy atom. The zero-order valence-corrected chi connectivity index (χ0v) is 22.7. The molecule has 1 aliphatic rings. The Morgan fingerprint density at radius 2 is 1.89 bits per heavy atom. The van der Waals surface area contributed by atoms with Gasteiger partial charge in [0.05, 0.1) is 42.2 Å². The van der Waals surface area contributed by atoms with Gasteiger partial charge < -0.3 is 18.9 Å². The summed E-state index contributed by atoms with van der Waals surface area (Å²) in [4.78, 5) is 32.2. The summed E-state index contributed by atoms with van der Waals surface area (Å²) in [5, 5.41) is 0. The zero-order valence-electron chi connectivity index (χ0n) is 21.9. The van der Waals surface area contributed by atoms with Gasteiger partial charge in [-0.1, -0.05) is 48.3 Å². The Balaban J connectivity index is 1.95. The molecule has 38 heavy (non-hydrogen) atoms. The third kappa shape index (κ3) is 5.28. The molecule has 3 aromatic rings. The van der Waals surface area contributed by atoms with Crippen LogP contribution in [0.5, 0.6) is 17.2 Å². The van der Waals surface area contributed by atoms with E-state index < -0.39 is 12.0 Å². The van der Waals surface area contributed by atoms with Crippen molar-refractivity contribution in [2.45, 2.75) is 26.8 Å². The zero-order chi connectivity index (χ0) is 27.2. The summed E-state index contributed by atoms with van der Waals surface area (Å²) < 4.78 is 24.4. The number of thiazole rings is 1. The van der Waals surface area contributed by atoms with Crippen molar-refractivity contribution in [2.75, 3.05) is 26.9 Å². The number of carbonyl (C=O) groups is 1. The van der Waals surface area contributed by atoms with Gasteiger partial charge in [0, 0.05) is 5.56 Å². The van der Waals surface area contributed by atoms with Crippen LogP contribution in [0, 0.1) is 0 Å². The highest BCUT2D eigenvalue weighted by molar-refractivity contribution is 7.07. The van der Waals surface area contributed by atoms with E-state index >= 15 is 0 Å². The highest BCUT2D eigenvalue weighted by atomic mass is 32.1. The van der Waals surface area contributed by atoms with Crippen molar-refractivity contribution in [3.63, 3.8) is 0 Å². The number of esters is 1. The Hall–Kier alpha value is -4.11. The summed E-state index contributed by atoms with van der Waals surface area (Å²) in [5.41, 5.74) is 1.94. The van der Waals surface area contributed by atoms with Crippen LogP contribution < -0.4 is 29.1 Å². The maximum Gasteiger partial charge on any atom is 0.338 e. The Labute approximate surface area is 224 Å². The summed E-state index contributed by atoms with van der Waals surface area (Å²) >= 11 is 1.25. The van der Waals surface area contributed by atoms with Crippen LogP contribution in [0.1, 0.15) is 37.9 Å². The highest BCUT2D eigenvalue weighted by Crippen LogP contribution is 2.36. The second kappa shape index (κ2) is 12.0. The van der Waals surface area contributed by atoms with Crippen molar-refractivity contribution in [1.82, 2.24) is 4.57 Å². The van der Waals surface area contributed by atoms with Crippen LogP contribution in [0.3, 0.4) is 0 Å². The molecule has 2 aromatic carbocycles. The Morgan fingerprint density at radius 1 is 1.11 bits per heavy atom. The predicted molar refractivity (Wildman–Crippen MR) is 147 cm³/mol. The van der Waals surface area contributed by atoms with Gasteiger partial charge in [-0.05, 0) is 50.6 Å². The van der Waals surface area contributed by atoms with Crippen molar-refractivity contribution >= 4 is 23.4 Å². The minimum atomic E-state index is -0.759. The van der Waals surface area contributed by atoms with Crippen LogP contribution >= 0.6 is 11.3 Å². The fraction of sp³-hybridized carbons (Fsp3) is 0.276. The van der Waals surface area contributed by atoms with Crippen molar-refractivity contribution in [1.29, 1.82) is 0 Å². The van der Waals surface area contributed by atoms with Gasteiger partial charge in [-0.3, -0.25) is 9.36 Å². The summed E-state index contributed by atoms with van der Waals surface area (Å²) in [7, 11) is 1.56. The molecule has 0 aliphatic carbocycles. The number of carbonyl (C=O) groups excluding carboxylic acids is 1. The number of ether oxygens (including phenoxy) is 4. The molecule has 1 atom stereocenters. The molecule has 8 nitrogen and oxygen atoms in total. The molecule has 2 heterocycles. The average molecular weight is 535 g/mol. The molecule has 198 valence electrons. The summed E-state index contributed by atoms with van der Waals surface area (Å²) in [5.74, 6) is 1.18. The second-order valence-corrected chi connectivity index (χ2v) is 9.29. The van der Waals surface area contributed by atoms with E-state index in [-0.39, 0.29) is 12.2 Å². The Kier molecular flexibility index (Phi) is 8.48. The molecule has 9 heteroatoms. The van der Waals surface area contributed by atoms with Crippen LogP contribution in [0.2, 0.25) is 0 Å². The van der Waals surface area contributed by atoms with E-state index in [4.69, 9.17) is 18.9 Å². The van der Waals surface area contributed by atoms with E-state index in [9.17, 15) is 9.59 Å². The van der Waals surface area contributed by atoms with Gasteiger partial charge in [0.25, 0.3) is 5.56 Å². The molecule has 4 rings (SSSR count). The van der Waals surface area contributed by atoms with Crippen molar-refractivity contribution in [3.8, 4) is 17.2 Å². The van der Waals surface area contributed by atoms with Gasteiger partial charge in [0.1, 0.15) is 12.4 Å². The largest absolute Gasteiger partial charge is 0.493 e. The normalized spacial score (nSPS) is 14.9. The molecular formula is C29H30N2O6S. The van der Waals surface area contributed by atoms with E-state index in [0.717, 1.165) is 5.56 Å². The van der Waals surface area contributed by atoms with Gasteiger partial charge in [0.15, 0.2) is 16.3 Å². The highest BCUT2D eigenvalue weighted by Gasteiger charge is 2.34. The van der Waals surface area contributed by atoms with E-state index in [1.54, 1.807) is 49.8 Å². The lowest BCUT2D eigenvalue weighted by Crippen LogP contribution is -2.40. The number of para-hydroxylation sites is 1. The van der Waals surface area contributed by atoms with E-state index in [2.05, 4.69) is 11.6 Å². The summed E-state index contributed by atoms with van der Waals surface area (Å²) in [6.45, 7) is 10.0. The van der Waals surface area contributed by atoms with Crippen molar-refractivity contribution in [2.24, 2.45) is 4.99 Å². The minimum Gasteiger partial charge on any atom is -0.493 e. The first kappa shape index (κ1) is 26.9. The monoisotopic (exact) mass is 534 g/mol. The fourth-order valence-electron chi connectivity index (χ4n) is 4.26. The minimum absolute atomic E-state index is 0.195. The number of benzene rings is 2. The van der Waals surface area contributed by atoms with Crippen LogP contribution in [0.4, 0.5) is 0 Å². The number of hydrogen-bond donors (Lipinski definition) is 0. The van der Waals surface area contributed by atoms with Crippen molar-refractivity contribution in [3.05, 3.63) is 97.2 Å². The molecule has 0 bridgehead atoms. The third-order valence-corrected chi connectivity index (χ3v) is 6.87. The fourth-order valence-corrected chi connectivity index (χ4v) is 5.30. The molecule has 0 spiro atoms. The first-order valence-electron chi connectivity index (χ1n) is 12.3. The number of allylic oxidation sites excluding steroid dienone is 1. The number of hydrogen-bond acceptors (Lipinski definition) is 8. The second-order valence-electron chi connectivity index (χ2n) is 8.28. The van der Waals surface area contributed by atoms with Gasteiger partial charge >= 0.3 is 5.97 Å². The molecule has 0 amide bonds. The third-order valence-electron chi connectivity index (χ3n) is 5.88. The predicted octanol–water partition coefficient (Wildman–Crippen LogP) is 3.77. The van der Waals surface area contributed by atoms with Gasteiger partial charge in [-0.15, -0.1) is 0 Å². The molecule has 1 aromatic heterocycles. The van der Waals surface area contributed by atoms with Gasteiger partial charge in [-0.25, -0.2) is 9.79 Å². The first-order chi connectivity index (χ1) is 18.4. The lowest BCUT2D eigenvalue weighted by Gasteiger charge is -2.25. The smallest absolute Gasteiger partial charge is 0.338 e. The average Bonchev–Trinajstić information content (AvgIpc) is 3.21. The number of methoxy groups -OCH3 is 1. The summed E-state index contributed by atoms with van der Waals surface area (Å²) in [6.07, 6.45) is 3.44. The van der Waals surface area contributed by atoms with Gasteiger partial charge in [-0.2, -0.15) is 0 Å². The number of rotatable bonds is 10. The van der Waals surface area contributed by atoms with Crippen LogP contribution in [-0.4, -0.2) is 37.5 Å². The van der Waals surface area contributed by atoms with Gasteiger partial charge in [0.2, 0.25) is 0 Å². The molecular weight excluding hydrogens is 504 g/mol. The van der Waals surface area contributed by atoms with E-state index in [0.29, 0.717) is 56.6 Å². The van der Waals surface area contributed by atoms with E-state index in [1.807, 2.05) is 37.3 Å². The quantitative estimate of drug-likeness (QED) is 0.291. The maximum absolute atomic E-state index is 13.9. The Bertz CT molecular complexity index is 1570. The molecule has 1 aliphatic heterocycles. The first-order valence-corrected chi connectivity index (χ1v) is 13.1. The van der Waals surface area contributed by atoms with Crippen molar-refractivity contribution < 1.29 is 23.7 Å².